The van der Waals surface area contributed by atoms with Crippen molar-refractivity contribution in [3.8, 4) is 5.88 Å². The Kier molecular flexibility index (Phi) is 9.17. The van der Waals surface area contributed by atoms with Crippen LogP contribution in [0.3, 0.4) is 0 Å². The first-order valence-corrected chi connectivity index (χ1v) is 7.59. The van der Waals surface area contributed by atoms with Gasteiger partial charge in [-0.2, -0.15) is 13.2 Å². The van der Waals surface area contributed by atoms with Gasteiger partial charge < -0.3 is 15.4 Å². The zero-order valence-electron chi connectivity index (χ0n) is 14.1. The molecule has 2 aromatic rings. The van der Waals surface area contributed by atoms with Crippen LogP contribution in [-0.4, -0.2) is 30.8 Å². The lowest BCUT2D eigenvalue weighted by molar-refractivity contribution is -0.154. The molecule has 9 heteroatoms. The Hall–Kier alpha value is -2.04. The molecule has 0 aliphatic heterocycles. The molecule has 1 heterocycles. The molecule has 0 aliphatic carbocycles. The summed E-state index contributed by atoms with van der Waals surface area (Å²) in [6.07, 6.45) is -2.98. The lowest BCUT2D eigenvalue weighted by Gasteiger charge is -2.13. The van der Waals surface area contributed by atoms with Crippen LogP contribution in [0.5, 0.6) is 5.88 Å². The maximum atomic E-state index is 12.2. The molecule has 0 spiro atoms. The predicted molar refractivity (Wildman–Crippen MR) is 105 cm³/mol. The Labute approximate surface area is 167 Å². The van der Waals surface area contributed by atoms with E-state index >= 15 is 0 Å². The minimum absolute atomic E-state index is 0. The lowest BCUT2D eigenvalue weighted by atomic mass is 10.2. The fourth-order valence-corrected chi connectivity index (χ4v) is 1.98. The van der Waals surface area contributed by atoms with Gasteiger partial charge in [0.05, 0.1) is 0 Å². The van der Waals surface area contributed by atoms with Crippen molar-refractivity contribution >= 4 is 29.9 Å². The van der Waals surface area contributed by atoms with Gasteiger partial charge in [-0.1, -0.05) is 30.3 Å². The van der Waals surface area contributed by atoms with Crippen LogP contribution in [0.4, 0.5) is 13.2 Å². The average Bonchev–Trinajstić information content (AvgIpc) is 2.61. The summed E-state index contributed by atoms with van der Waals surface area (Å²) in [4.78, 5) is 7.88. The van der Waals surface area contributed by atoms with Crippen molar-refractivity contribution in [1.82, 2.24) is 15.6 Å². The highest BCUT2D eigenvalue weighted by molar-refractivity contribution is 14.0. The zero-order valence-corrected chi connectivity index (χ0v) is 16.4. The minimum atomic E-state index is -4.39. The summed E-state index contributed by atoms with van der Waals surface area (Å²) in [7, 11) is 1.64. The number of aliphatic imine (C=N–C) groups is 1. The molecule has 0 aliphatic rings. The minimum Gasteiger partial charge on any atom is -0.468 e. The SMILES string of the molecule is CN=C(NCc1ccccc1)NCc1ccnc(OCC(F)(F)F)c1.I. The van der Waals surface area contributed by atoms with E-state index < -0.39 is 12.8 Å². The molecular formula is C17H20F3IN4O. The highest BCUT2D eigenvalue weighted by Gasteiger charge is 2.28. The molecule has 0 fully saturated rings. The molecule has 2 rings (SSSR count). The number of hydrogen-bond acceptors (Lipinski definition) is 3. The van der Waals surface area contributed by atoms with Gasteiger partial charge in [-0.05, 0) is 17.2 Å². The van der Waals surface area contributed by atoms with Gasteiger partial charge in [0.2, 0.25) is 5.88 Å². The molecule has 142 valence electrons. The van der Waals surface area contributed by atoms with Crippen molar-refractivity contribution in [1.29, 1.82) is 0 Å². The Bertz CT molecular complexity index is 696. The summed E-state index contributed by atoms with van der Waals surface area (Å²) < 4.78 is 41.2. The van der Waals surface area contributed by atoms with E-state index in [1.54, 1.807) is 13.1 Å². The monoisotopic (exact) mass is 480 g/mol. The van der Waals surface area contributed by atoms with Crippen molar-refractivity contribution in [2.75, 3.05) is 13.7 Å². The Morgan fingerprint density at radius 2 is 1.73 bits per heavy atom. The summed E-state index contributed by atoms with van der Waals surface area (Å²) in [6.45, 7) is -0.382. The predicted octanol–water partition coefficient (Wildman–Crippen LogP) is 3.51. The highest BCUT2D eigenvalue weighted by atomic mass is 127. The molecule has 0 saturated heterocycles. The van der Waals surface area contributed by atoms with Gasteiger partial charge in [-0.25, -0.2) is 4.98 Å². The van der Waals surface area contributed by atoms with Gasteiger partial charge in [0.15, 0.2) is 12.6 Å². The summed E-state index contributed by atoms with van der Waals surface area (Å²) >= 11 is 0. The standard InChI is InChI=1S/C17H19F3N4O.HI/c1-21-16(23-10-13-5-3-2-4-6-13)24-11-14-7-8-22-15(9-14)25-12-17(18,19)20;/h2-9H,10-12H2,1H3,(H2,21,23,24);1H. The summed E-state index contributed by atoms with van der Waals surface area (Å²) in [5.41, 5.74) is 1.84. The zero-order chi connectivity index (χ0) is 18.1. The maximum Gasteiger partial charge on any atom is 0.422 e. The van der Waals surface area contributed by atoms with Crippen molar-refractivity contribution in [3.63, 3.8) is 0 Å². The molecule has 5 nitrogen and oxygen atoms in total. The average molecular weight is 480 g/mol. The number of aromatic nitrogens is 1. The number of guanidine groups is 1. The number of nitrogens with zero attached hydrogens (tertiary/aromatic N) is 2. The molecule has 0 amide bonds. The largest absolute Gasteiger partial charge is 0.468 e. The molecule has 0 bridgehead atoms. The van der Waals surface area contributed by atoms with Crippen molar-refractivity contribution < 1.29 is 17.9 Å². The van der Waals surface area contributed by atoms with Gasteiger partial charge in [0.1, 0.15) is 0 Å². The molecule has 1 aromatic carbocycles. The number of ether oxygens (including phenoxy) is 1. The smallest absolute Gasteiger partial charge is 0.422 e. The first-order valence-electron chi connectivity index (χ1n) is 7.59. The van der Waals surface area contributed by atoms with E-state index in [9.17, 15) is 13.2 Å². The molecule has 0 unspecified atom stereocenters. The number of nitrogens with one attached hydrogen (secondary N) is 2. The maximum absolute atomic E-state index is 12.2. The van der Waals surface area contributed by atoms with Crippen LogP contribution in [0.2, 0.25) is 0 Å². The van der Waals surface area contributed by atoms with Crippen LogP contribution in [0, 0.1) is 0 Å². The van der Waals surface area contributed by atoms with Gasteiger partial charge >= 0.3 is 6.18 Å². The topological polar surface area (TPSA) is 58.5 Å². The molecular weight excluding hydrogens is 460 g/mol. The highest BCUT2D eigenvalue weighted by Crippen LogP contribution is 2.17. The molecule has 0 atom stereocenters. The third-order valence-electron chi connectivity index (χ3n) is 3.17. The van der Waals surface area contributed by atoms with Crippen LogP contribution in [0.25, 0.3) is 0 Å². The second-order valence-electron chi connectivity index (χ2n) is 5.17. The Morgan fingerprint density at radius 3 is 2.35 bits per heavy atom. The van der Waals surface area contributed by atoms with Crippen LogP contribution in [0.15, 0.2) is 53.7 Å². The molecule has 2 N–H and O–H groups in total. The first kappa shape index (κ1) is 22.0. The molecule has 26 heavy (non-hydrogen) atoms. The first-order chi connectivity index (χ1) is 12.0. The Morgan fingerprint density at radius 1 is 1.08 bits per heavy atom. The molecule has 0 saturated carbocycles. The summed E-state index contributed by atoms with van der Waals surface area (Å²) in [5.74, 6) is 0.516. The van der Waals surface area contributed by atoms with Crippen molar-refractivity contribution in [2.45, 2.75) is 19.3 Å². The third kappa shape index (κ3) is 8.37. The van der Waals surface area contributed by atoms with Crippen LogP contribution < -0.4 is 15.4 Å². The number of rotatable bonds is 6. The van der Waals surface area contributed by atoms with Gasteiger partial charge in [-0.15, -0.1) is 24.0 Å². The van der Waals surface area contributed by atoms with E-state index in [0.29, 0.717) is 19.0 Å². The van der Waals surface area contributed by atoms with Crippen LogP contribution >= 0.6 is 24.0 Å². The number of halogens is 4. The molecule has 0 radical (unpaired) electrons. The van der Waals surface area contributed by atoms with Crippen molar-refractivity contribution in [3.05, 3.63) is 59.8 Å². The number of hydrogen-bond donors (Lipinski definition) is 2. The fraction of sp³-hybridized carbons (Fsp3) is 0.294. The lowest BCUT2D eigenvalue weighted by Crippen LogP contribution is -2.36. The third-order valence-corrected chi connectivity index (χ3v) is 3.17. The molecule has 1 aromatic heterocycles. The van der Waals surface area contributed by atoms with Crippen LogP contribution in [0.1, 0.15) is 11.1 Å². The van der Waals surface area contributed by atoms with Gasteiger partial charge in [0, 0.05) is 32.4 Å². The second-order valence-corrected chi connectivity index (χ2v) is 5.17. The van der Waals surface area contributed by atoms with Gasteiger partial charge in [0.25, 0.3) is 0 Å². The normalized spacial score (nSPS) is 11.5. The number of pyridine rings is 1. The summed E-state index contributed by atoms with van der Waals surface area (Å²) in [5, 5.41) is 6.25. The summed E-state index contributed by atoms with van der Waals surface area (Å²) in [6, 6.07) is 13.0. The van der Waals surface area contributed by atoms with E-state index in [1.807, 2.05) is 30.3 Å². The van der Waals surface area contributed by atoms with Gasteiger partial charge in [-0.3, -0.25) is 4.99 Å². The van der Waals surface area contributed by atoms with E-state index in [4.69, 9.17) is 0 Å². The van der Waals surface area contributed by atoms with Crippen molar-refractivity contribution in [2.24, 2.45) is 4.99 Å². The Balaban J connectivity index is 0.00000338. The van der Waals surface area contributed by atoms with E-state index in [2.05, 4.69) is 25.3 Å². The van der Waals surface area contributed by atoms with E-state index in [-0.39, 0.29) is 29.9 Å². The number of benzene rings is 1. The second kappa shape index (κ2) is 10.8. The quantitative estimate of drug-likeness (QED) is 0.378. The number of alkyl halides is 3. The van der Waals surface area contributed by atoms with E-state index in [1.165, 1.54) is 12.3 Å². The van der Waals surface area contributed by atoms with Crippen LogP contribution in [-0.2, 0) is 13.1 Å². The van der Waals surface area contributed by atoms with E-state index in [0.717, 1.165) is 11.1 Å². The fourth-order valence-electron chi connectivity index (χ4n) is 1.98.